The maximum absolute atomic E-state index is 11.4. The lowest BCUT2D eigenvalue weighted by Crippen LogP contribution is -2.31. The molecule has 0 amide bonds. The monoisotopic (exact) mass is 212 g/mol. The molecule has 15 heavy (non-hydrogen) atoms. The second-order valence-corrected chi connectivity index (χ2v) is 5.46. The minimum Gasteiger partial charge on any atom is -0.368 e. The summed E-state index contributed by atoms with van der Waals surface area (Å²) in [4.78, 5) is 11.4. The lowest BCUT2D eigenvalue weighted by atomic mass is 9.76. The van der Waals surface area contributed by atoms with Gasteiger partial charge in [-0.15, -0.1) is 0 Å². The molecule has 0 heterocycles. The summed E-state index contributed by atoms with van der Waals surface area (Å²) in [5.74, 6) is 0.222. The minimum atomic E-state index is -0.207. The van der Waals surface area contributed by atoms with Gasteiger partial charge in [0.1, 0.15) is 6.10 Å². The lowest BCUT2D eigenvalue weighted by molar-refractivity contribution is -0.134. The van der Waals surface area contributed by atoms with Crippen molar-refractivity contribution in [3.63, 3.8) is 0 Å². The molecule has 1 fully saturated rings. The lowest BCUT2D eigenvalue weighted by Gasteiger charge is -2.35. The van der Waals surface area contributed by atoms with Gasteiger partial charge in [-0.05, 0) is 38.0 Å². The van der Waals surface area contributed by atoms with E-state index in [1.54, 1.807) is 0 Å². The number of rotatable bonds is 4. The quantitative estimate of drug-likeness (QED) is 0.714. The van der Waals surface area contributed by atoms with Crippen molar-refractivity contribution in [2.45, 2.75) is 72.0 Å². The first-order chi connectivity index (χ1) is 6.94. The first-order valence-corrected chi connectivity index (χ1v) is 6.13. The smallest absolute Gasteiger partial charge is 0.161 e. The SMILES string of the molecule is CCC(=O)C(C)OC1CCC(C)(C)CC1. The standard InChI is InChI=1S/C13H24O2/c1-5-12(14)10(2)15-11-6-8-13(3,4)9-7-11/h10-11H,5-9H2,1-4H3. The average Bonchev–Trinajstić information content (AvgIpc) is 2.20. The fraction of sp³-hybridized carbons (Fsp3) is 0.923. The number of hydrogen-bond donors (Lipinski definition) is 0. The molecule has 1 atom stereocenters. The summed E-state index contributed by atoms with van der Waals surface area (Å²) in [6, 6.07) is 0. The Morgan fingerprint density at radius 2 is 1.93 bits per heavy atom. The molecule has 88 valence electrons. The van der Waals surface area contributed by atoms with Crippen LogP contribution in [0.1, 0.15) is 59.8 Å². The number of Topliss-reactive ketones (excluding diaryl/α,β-unsaturated/α-hetero) is 1. The van der Waals surface area contributed by atoms with E-state index in [0.717, 1.165) is 12.8 Å². The van der Waals surface area contributed by atoms with Gasteiger partial charge in [-0.1, -0.05) is 20.8 Å². The van der Waals surface area contributed by atoms with Gasteiger partial charge >= 0.3 is 0 Å². The van der Waals surface area contributed by atoms with E-state index in [9.17, 15) is 4.79 Å². The third-order valence-corrected chi connectivity index (χ3v) is 3.48. The van der Waals surface area contributed by atoms with Crippen LogP contribution in [-0.2, 0) is 9.53 Å². The highest BCUT2D eigenvalue weighted by Gasteiger charge is 2.28. The second kappa shape index (κ2) is 5.11. The summed E-state index contributed by atoms with van der Waals surface area (Å²) in [5, 5.41) is 0. The average molecular weight is 212 g/mol. The van der Waals surface area contributed by atoms with Crippen LogP contribution in [0.25, 0.3) is 0 Å². The zero-order chi connectivity index (χ0) is 11.5. The van der Waals surface area contributed by atoms with E-state index in [4.69, 9.17) is 4.74 Å². The van der Waals surface area contributed by atoms with E-state index in [0.29, 0.717) is 17.9 Å². The van der Waals surface area contributed by atoms with Crippen molar-refractivity contribution in [2.24, 2.45) is 5.41 Å². The van der Waals surface area contributed by atoms with Gasteiger partial charge in [0.25, 0.3) is 0 Å². The highest BCUT2D eigenvalue weighted by atomic mass is 16.5. The third kappa shape index (κ3) is 3.94. The van der Waals surface area contributed by atoms with E-state index in [2.05, 4.69) is 13.8 Å². The van der Waals surface area contributed by atoms with Gasteiger partial charge in [0.15, 0.2) is 5.78 Å². The summed E-state index contributed by atoms with van der Waals surface area (Å²) >= 11 is 0. The molecule has 0 bridgehead atoms. The second-order valence-electron chi connectivity index (χ2n) is 5.46. The molecule has 1 aliphatic rings. The molecule has 1 unspecified atom stereocenters. The van der Waals surface area contributed by atoms with Crippen LogP contribution >= 0.6 is 0 Å². The Morgan fingerprint density at radius 3 is 2.40 bits per heavy atom. The Kier molecular flexibility index (Phi) is 4.32. The molecule has 0 N–H and O–H groups in total. The molecule has 2 heteroatoms. The molecular weight excluding hydrogens is 188 g/mol. The molecule has 0 saturated heterocycles. The first-order valence-electron chi connectivity index (χ1n) is 6.13. The molecule has 0 aliphatic heterocycles. The highest BCUT2D eigenvalue weighted by Crippen LogP contribution is 2.36. The first kappa shape index (κ1) is 12.7. The molecule has 0 aromatic rings. The molecule has 1 aliphatic carbocycles. The van der Waals surface area contributed by atoms with E-state index >= 15 is 0 Å². The Balaban J connectivity index is 2.32. The van der Waals surface area contributed by atoms with Crippen LogP contribution in [0.5, 0.6) is 0 Å². The number of hydrogen-bond acceptors (Lipinski definition) is 2. The van der Waals surface area contributed by atoms with Gasteiger partial charge in [-0.3, -0.25) is 4.79 Å². The summed E-state index contributed by atoms with van der Waals surface area (Å²) in [5.41, 5.74) is 0.470. The Bertz CT molecular complexity index is 211. The normalized spacial score (nSPS) is 23.7. The number of carbonyl (C=O) groups excluding carboxylic acids is 1. The van der Waals surface area contributed by atoms with E-state index < -0.39 is 0 Å². The molecule has 1 rings (SSSR count). The number of ketones is 1. The van der Waals surface area contributed by atoms with Crippen LogP contribution < -0.4 is 0 Å². The zero-order valence-corrected chi connectivity index (χ0v) is 10.5. The van der Waals surface area contributed by atoms with Crippen molar-refractivity contribution >= 4 is 5.78 Å². The van der Waals surface area contributed by atoms with Crippen LogP contribution in [0.4, 0.5) is 0 Å². The summed E-state index contributed by atoms with van der Waals surface area (Å²) in [6.45, 7) is 8.39. The Morgan fingerprint density at radius 1 is 1.40 bits per heavy atom. The van der Waals surface area contributed by atoms with Gasteiger partial charge in [0.2, 0.25) is 0 Å². The fourth-order valence-electron chi connectivity index (χ4n) is 2.16. The molecule has 0 aromatic heterocycles. The van der Waals surface area contributed by atoms with E-state index in [1.165, 1.54) is 12.8 Å². The molecule has 0 radical (unpaired) electrons. The summed E-state index contributed by atoms with van der Waals surface area (Å²) in [6.07, 6.45) is 5.32. The van der Waals surface area contributed by atoms with Gasteiger partial charge in [0.05, 0.1) is 6.10 Å². The Labute approximate surface area is 93.4 Å². The molecule has 0 spiro atoms. The predicted octanol–water partition coefficient (Wildman–Crippen LogP) is 3.34. The largest absolute Gasteiger partial charge is 0.368 e. The van der Waals surface area contributed by atoms with Crippen LogP contribution in [0.2, 0.25) is 0 Å². The number of carbonyl (C=O) groups is 1. The van der Waals surface area contributed by atoms with Crippen LogP contribution in [0.15, 0.2) is 0 Å². The van der Waals surface area contributed by atoms with Crippen LogP contribution in [-0.4, -0.2) is 18.0 Å². The molecule has 0 aromatic carbocycles. The van der Waals surface area contributed by atoms with Crippen molar-refractivity contribution < 1.29 is 9.53 Å². The fourth-order valence-corrected chi connectivity index (χ4v) is 2.16. The van der Waals surface area contributed by atoms with Crippen molar-refractivity contribution in [2.75, 3.05) is 0 Å². The predicted molar refractivity (Wildman–Crippen MR) is 61.9 cm³/mol. The van der Waals surface area contributed by atoms with Crippen LogP contribution in [0.3, 0.4) is 0 Å². The minimum absolute atomic E-state index is 0.207. The van der Waals surface area contributed by atoms with Crippen molar-refractivity contribution in [1.29, 1.82) is 0 Å². The van der Waals surface area contributed by atoms with E-state index in [-0.39, 0.29) is 11.9 Å². The zero-order valence-electron chi connectivity index (χ0n) is 10.5. The third-order valence-electron chi connectivity index (χ3n) is 3.48. The topological polar surface area (TPSA) is 26.3 Å². The summed E-state index contributed by atoms with van der Waals surface area (Å²) < 4.78 is 5.79. The molecular formula is C13H24O2. The maximum atomic E-state index is 11.4. The van der Waals surface area contributed by atoms with Gasteiger partial charge < -0.3 is 4.74 Å². The van der Waals surface area contributed by atoms with Gasteiger partial charge in [-0.2, -0.15) is 0 Å². The van der Waals surface area contributed by atoms with Crippen molar-refractivity contribution in [3.05, 3.63) is 0 Å². The van der Waals surface area contributed by atoms with Crippen molar-refractivity contribution in [1.82, 2.24) is 0 Å². The van der Waals surface area contributed by atoms with Gasteiger partial charge in [-0.25, -0.2) is 0 Å². The van der Waals surface area contributed by atoms with Crippen LogP contribution in [0, 0.1) is 5.41 Å². The maximum Gasteiger partial charge on any atom is 0.161 e. The Hall–Kier alpha value is -0.370. The number of ether oxygens (including phenoxy) is 1. The molecule has 1 saturated carbocycles. The highest BCUT2D eigenvalue weighted by molar-refractivity contribution is 5.82. The van der Waals surface area contributed by atoms with Crippen molar-refractivity contribution in [3.8, 4) is 0 Å². The molecule has 2 nitrogen and oxygen atoms in total. The van der Waals surface area contributed by atoms with E-state index in [1.807, 2.05) is 13.8 Å². The summed E-state index contributed by atoms with van der Waals surface area (Å²) in [7, 11) is 0. The van der Waals surface area contributed by atoms with Gasteiger partial charge in [0, 0.05) is 6.42 Å².